The van der Waals surface area contributed by atoms with Gasteiger partial charge in [-0.25, -0.2) is 0 Å². The second-order valence-electron chi connectivity index (χ2n) is 4.00. The topological polar surface area (TPSA) is 3.24 Å². The third-order valence-electron chi connectivity index (χ3n) is 2.81. The van der Waals surface area contributed by atoms with Gasteiger partial charge in [-0.1, -0.05) is 18.7 Å². The van der Waals surface area contributed by atoms with Crippen molar-refractivity contribution in [3.63, 3.8) is 0 Å². The predicted octanol–water partition coefficient (Wildman–Crippen LogP) is 3.36. The molecule has 0 aromatic heterocycles. The molecule has 1 fully saturated rings. The molecule has 0 aromatic rings. The second kappa shape index (κ2) is 5.69. The Hall–Kier alpha value is -0.980. The number of rotatable bonds is 7. The van der Waals surface area contributed by atoms with E-state index in [4.69, 9.17) is 0 Å². The van der Waals surface area contributed by atoms with E-state index >= 15 is 0 Å². The minimum Gasteiger partial charge on any atom is -0.374 e. The van der Waals surface area contributed by atoms with E-state index in [0.717, 1.165) is 25.9 Å². The molecule has 78 valence electrons. The Morgan fingerprint density at radius 2 is 2.00 bits per heavy atom. The maximum atomic E-state index is 4.11. The van der Waals surface area contributed by atoms with Crippen molar-refractivity contribution in [1.82, 2.24) is 4.90 Å². The minimum absolute atomic E-state index is 0.694. The molecule has 0 spiro atoms. The molecule has 0 aromatic carbocycles. The summed E-state index contributed by atoms with van der Waals surface area (Å²) < 4.78 is 0. The molecule has 1 aliphatic heterocycles. The average Bonchev–Trinajstić information content (AvgIpc) is 2.11. The van der Waals surface area contributed by atoms with Gasteiger partial charge in [0.15, 0.2) is 0 Å². The van der Waals surface area contributed by atoms with E-state index in [0.29, 0.717) is 5.92 Å². The first-order valence-electron chi connectivity index (χ1n) is 5.44. The molecule has 1 nitrogen and oxygen atoms in total. The molecule has 0 atom stereocenters. The summed E-state index contributed by atoms with van der Waals surface area (Å²) in [6, 6.07) is 0. The number of nitrogens with zero attached hydrogens (tertiary/aromatic N) is 1. The van der Waals surface area contributed by atoms with E-state index in [1.54, 1.807) is 0 Å². The fourth-order valence-corrected chi connectivity index (χ4v) is 1.70. The van der Waals surface area contributed by atoms with Gasteiger partial charge in [-0.3, -0.25) is 0 Å². The van der Waals surface area contributed by atoms with Crippen LogP contribution in [0.15, 0.2) is 37.6 Å². The van der Waals surface area contributed by atoms with Crippen LogP contribution in [0.2, 0.25) is 0 Å². The summed E-state index contributed by atoms with van der Waals surface area (Å²) in [5.74, 6) is 0.694. The van der Waals surface area contributed by atoms with Gasteiger partial charge in [-0.15, -0.1) is 13.2 Å². The van der Waals surface area contributed by atoms with Crippen molar-refractivity contribution in [3.8, 4) is 0 Å². The number of hydrogen-bond acceptors (Lipinski definition) is 1. The second-order valence-corrected chi connectivity index (χ2v) is 4.00. The molecule has 14 heavy (non-hydrogen) atoms. The van der Waals surface area contributed by atoms with Gasteiger partial charge in [0.1, 0.15) is 0 Å². The van der Waals surface area contributed by atoms with Crippen molar-refractivity contribution in [2.45, 2.75) is 25.7 Å². The highest BCUT2D eigenvalue weighted by atomic mass is 15.2. The zero-order valence-electron chi connectivity index (χ0n) is 9.04. The van der Waals surface area contributed by atoms with Crippen molar-refractivity contribution in [3.05, 3.63) is 37.6 Å². The van der Waals surface area contributed by atoms with Crippen LogP contribution in [-0.4, -0.2) is 18.0 Å². The quantitative estimate of drug-likeness (QED) is 0.440. The lowest BCUT2D eigenvalue weighted by Crippen LogP contribution is -2.44. The molecule has 0 unspecified atom stereocenters. The Morgan fingerprint density at radius 3 is 2.57 bits per heavy atom. The van der Waals surface area contributed by atoms with Crippen molar-refractivity contribution in [2.24, 2.45) is 5.92 Å². The Morgan fingerprint density at radius 1 is 1.29 bits per heavy atom. The zero-order valence-corrected chi connectivity index (χ0v) is 9.04. The van der Waals surface area contributed by atoms with Crippen molar-refractivity contribution < 1.29 is 0 Å². The van der Waals surface area contributed by atoms with Gasteiger partial charge in [0.05, 0.1) is 0 Å². The summed E-state index contributed by atoms with van der Waals surface area (Å²) in [6.45, 7) is 13.9. The molecule has 0 amide bonds. The zero-order chi connectivity index (χ0) is 10.4. The monoisotopic (exact) mass is 191 g/mol. The van der Waals surface area contributed by atoms with Crippen LogP contribution in [-0.2, 0) is 0 Å². The summed E-state index contributed by atoms with van der Waals surface area (Å²) in [5, 5.41) is 0. The predicted molar refractivity (Wildman–Crippen MR) is 63.1 cm³/mol. The van der Waals surface area contributed by atoms with Crippen LogP contribution in [0.3, 0.4) is 0 Å². The highest BCUT2D eigenvalue weighted by molar-refractivity contribution is 5.04. The molecule has 1 saturated heterocycles. The molecule has 1 heteroatoms. The van der Waals surface area contributed by atoms with Crippen LogP contribution in [0.25, 0.3) is 0 Å². The number of unbranched alkanes of at least 4 members (excludes halogenated alkanes) is 2. The SMILES string of the molecule is C=CCCCCC(=C)N1CC(C=C)C1. The van der Waals surface area contributed by atoms with Crippen LogP contribution in [0.5, 0.6) is 0 Å². The van der Waals surface area contributed by atoms with Gasteiger partial charge < -0.3 is 4.90 Å². The van der Waals surface area contributed by atoms with E-state index in [-0.39, 0.29) is 0 Å². The fraction of sp³-hybridized carbons (Fsp3) is 0.538. The first-order valence-corrected chi connectivity index (χ1v) is 5.44. The van der Waals surface area contributed by atoms with E-state index in [2.05, 4.69) is 24.6 Å². The molecule has 0 radical (unpaired) electrons. The maximum Gasteiger partial charge on any atom is 0.0254 e. The van der Waals surface area contributed by atoms with Crippen LogP contribution in [0, 0.1) is 5.92 Å². The standard InChI is InChI=1S/C13H21N/c1-4-6-7-8-9-12(3)14-10-13(5-2)11-14/h4-5,13H,1-3,6-11H2. The molecule has 0 aliphatic carbocycles. The molecule has 1 heterocycles. The third kappa shape index (κ3) is 3.06. The highest BCUT2D eigenvalue weighted by Gasteiger charge is 2.24. The lowest BCUT2D eigenvalue weighted by Gasteiger charge is -2.40. The minimum atomic E-state index is 0.694. The summed E-state index contributed by atoms with van der Waals surface area (Å²) in [4.78, 5) is 2.36. The fourth-order valence-electron chi connectivity index (χ4n) is 1.70. The molecular weight excluding hydrogens is 170 g/mol. The van der Waals surface area contributed by atoms with Crippen molar-refractivity contribution >= 4 is 0 Å². The largest absolute Gasteiger partial charge is 0.374 e. The van der Waals surface area contributed by atoms with Gasteiger partial charge >= 0.3 is 0 Å². The van der Waals surface area contributed by atoms with Crippen molar-refractivity contribution in [1.29, 1.82) is 0 Å². The number of likely N-dealkylation sites (tertiary alicyclic amines) is 1. The van der Waals surface area contributed by atoms with E-state index < -0.39 is 0 Å². The van der Waals surface area contributed by atoms with Crippen LogP contribution in [0.4, 0.5) is 0 Å². The highest BCUT2D eigenvalue weighted by Crippen LogP contribution is 2.23. The van der Waals surface area contributed by atoms with Gasteiger partial charge in [0.2, 0.25) is 0 Å². The third-order valence-corrected chi connectivity index (χ3v) is 2.81. The van der Waals surface area contributed by atoms with E-state index in [1.807, 2.05) is 12.2 Å². The Labute approximate surface area is 87.8 Å². The Bertz CT molecular complexity index is 211. The van der Waals surface area contributed by atoms with Gasteiger partial charge in [0, 0.05) is 24.7 Å². The smallest absolute Gasteiger partial charge is 0.0254 e. The van der Waals surface area contributed by atoms with E-state index in [9.17, 15) is 0 Å². The number of hydrogen-bond donors (Lipinski definition) is 0. The summed E-state index contributed by atoms with van der Waals surface area (Å²) in [6.07, 6.45) is 8.77. The van der Waals surface area contributed by atoms with Crippen molar-refractivity contribution in [2.75, 3.05) is 13.1 Å². The molecule has 1 aliphatic rings. The molecule has 0 bridgehead atoms. The molecule has 0 saturated carbocycles. The van der Waals surface area contributed by atoms with Gasteiger partial charge in [0.25, 0.3) is 0 Å². The number of allylic oxidation sites excluding steroid dienone is 2. The summed E-state index contributed by atoms with van der Waals surface area (Å²) in [5.41, 5.74) is 1.30. The van der Waals surface area contributed by atoms with Crippen LogP contribution < -0.4 is 0 Å². The lowest BCUT2D eigenvalue weighted by atomic mass is 9.98. The molecule has 1 rings (SSSR count). The molecular formula is C13H21N. The summed E-state index contributed by atoms with van der Waals surface area (Å²) in [7, 11) is 0. The molecule has 0 N–H and O–H groups in total. The Kier molecular flexibility index (Phi) is 4.51. The van der Waals surface area contributed by atoms with Crippen LogP contribution in [0.1, 0.15) is 25.7 Å². The van der Waals surface area contributed by atoms with Crippen LogP contribution >= 0.6 is 0 Å². The first-order chi connectivity index (χ1) is 6.77. The van der Waals surface area contributed by atoms with Gasteiger partial charge in [-0.2, -0.15) is 0 Å². The van der Waals surface area contributed by atoms with Gasteiger partial charge in [-0.05, 0) is 25.7 Å². The lowest BCUT2D eigenvalue weighted by molar-refractivity contribution is 0.173. The normalized spacial score (nSPS) is 16.1. The summed E-state index contributed by atoms with van der Waals surface area (Å²) >= 11 is 0. The maximum absolute atomic E-state index is 4.11. The van der Waals surface area contributed by atoms with E-state index in [1.165, 1.54) is 18.5 Å². The average molecular weight is 191 g/mol. The first kappa shape index (κ1) is 11.1. The Balaban J connectivity index is 2.05.